The summed E-state index contributed by atoms with van der Waals surface area (Å²) in [5.74, 6) is -0.949. The Hall–Kier alpha value is -0.610. The number of hydrogen-bond acceptors (Lipinski definition) is 3. The van der Waals surface area contributed by atoms with Crippen molar-refractivity contribution in [2.75, 3.05) is 19.7 Å². The molecule has 64 valence electrons. The summed E-state index contributed by atoms with van der Waals surface area (Å²) in [6.07, 6.45) is 0. The van der Waals surface area contributed by atoms with Crippen molar-refractivity contribution in [3.63, 3.8) is 0 Å². The fraction of sp³-hybridized carbons (Fsp3) is 0.857. The van der Waals surface area contributed by atoms with Gasteiger partial charge in [0.1, 0.15) is 0 Å². The van der Waals surface area contributed by atoms with Crippen molar-refractivity contribution in [1.82, 2.24) is 4.90 Å². The fourth-order valence-corrected chi connectivity index (χ4v) is 1.14. The van der Waals surface area contributed by atoms with Crippen LogP contribution in [0.5, 0.6) is 0 Å². The summed E-state index contributed by atoms with van der Waals surface area (Å²) in [6.45, 7) is 3.15. The van der Waals surface area contributed by atoms with Crippen LogP contribution >= 0.6 is 0 Å². The highest BCUT2D eigenvalue weighted by Crippen LogP contribution is 2.17. The maximum absolute atomic E-state index is 10.3. The van der Waals surface area contributed by atoms with E-state index in [1.807, 2.05) is 11.8 Å². The number of rotatable bonds is 3. The Morgan fingerprint density at radius 1 is 1.73 bits per heavy atom. The molecule has 0 aliphatic carbocycles. The summed E-state index contributed by atoms with van der Waals surface area (Å²) in [5, 5.41) is 17.2. The Balaban J connectivity index is 2.23. The van der Waals surface area contributed by atoms with Crippen molar-refractivity contribution < 1.29 is 15.0 Å². The molecule has 4 nitrogen and oxygen atoms in total. The average molecular weight is 159 g/mol. The molecule has 0 radical (unpaired) electrons. The molecular weight excluding hydrogens is 146 g/mol. The monoisotopic (exact) mass is 159 g/mol. The zero-order valence-electron chi connectivity index (χ0n) is 6.53. The van der Waals surface area contributed by atoms with Gasteiger partial charge in [0.05, 0.1) is 12.5 Å². The molecular formula is C7H13NO3. The molecule has 1 atom stereocenters. The molecule has 1 aliphatic heterocycles. The third kappa shape index (κ3) is 1.70. The molecule has 1 fully saturated rings. The normalized spacial score (nSPS) is 22.7. The second kappa shape index (κ2) is 3.19. The van der Waals surface area contributed by atoms with Gasteiger partial charge in [-0.1, -0.05) is 0 Å². The molecule has 1 saturated heterocycles. The van der Waals surface area contributed by atoms with E-state index < -0.39 is 5.97 Å². The van der Waals surface area contributed by atoms with Gasteiger partial charge in [-0.2, -0.15) is 0 Å². The van der Waals surface area contributed by atoms with Gasteiger partial charge in [-0.25, -0.2) is 0 Å². The molecule has 0 spiro atoms. The van der Waals surface area contributed by atoms with E-state index in [2.05, 4.69) is 0 Å². The number of carboxylic acids is 1. The van der Waals surface area contributed by atoms with Crippen LogP contribution in [0.3, 0.4) is 0 Å². The van der Waals surface area contributed by atoms with Crippen LogP contribution < -0.4 is 0 Å². The highest BCUT2D eigenvalue weighted by Gasteiger charge is 2.34. The number of likely N-dealkylation sites (tertiary alicyclic amines) is 1. The molecule has 4 heteroatoms. The number of carbonyl (C=O) groups is 1. The van der Waals surface area contributed by atoms with Crippen LogP contribution in [0.25, 0.3) is 0 Å². The van der Waals surface area contributed by atoms with Crippen molar-refractivity contribution in [3.05, 3.63) is 0 Å². The van der Waals surface area contributed by atoms with E-state index in [-0.39, 0.29) is 18.6 Å². The summed E-state index contributed by atoms with van der Waals surface area (Å²) < 4.78 is 0. The van der Waals surface area contributed by atoms with Crippen LogP contribution in [-0.4, -0.2) is 46.8 Å². The standard InChI is InChI=1S/C7H13NO3/c1-5(4-9)8-2-6(3-8)7(10)11/h5-6,9H,2-4H2,1H3,(H,10,11). The van der Waals surface area contributed by atoms with E-state index in [1.165, 1.54) is 0 Å². The Labute approximate surface area is 65.4 Å². The van der Waals surface area contributed by atoms with Crippen LogP contribution in [0.15, 0.2) is 0 Å². The lowest BCUT2D eigenvalue weighted by Gasteiger charge is -2.40. The minimum absolute atomic E-state index is 0.102. The number of hydrogen-bond donors (Lipinski definition) is 2. The highest BCUT2D eigenvalue weighted by atomic mass is 16.4. The molecule has 1 heterocycles. The lowest BCUT2D eigenvalue weighted by atomic mass is 9.98. The van der Waals surface area contributed by atoms with E-state index in [0.29, 0.717) is 13.1 Å². The summed E-state index contributed by atoms with van der Waals surface area (Å²) in [5.41, 5.74) is 0. The predicted octanol–water partition coefficient (Wildman–Crippen LogP) is -0.616. The lowest BCUT2D eigenvalue weighted by molar-refractivity contribution is -0.148. The largest absolute Gasteiger partial charge is 0.481 e. The van der Waals surface area contributed by atoms with E-state index in [1.54, 1.807) is 0 Å². The zero-order valence-corrected chi connectivity index (χ0v) is 6.53. The lowest BCUT2D eigenvalue weighted by Crippen LogP contribution is -2.54. The Bertz CT molecular complexity index is 154. The Kier molecular flexibility index (Phi) is 2.46. The molecule has 1 aliphatic rings. The fourth-order valence-electron chi connectivity index (χ4n) is 1.14. The molecule has 0 aromatic rings. The average Bonchev–Trinajstić information content (AvgIpc) is 1.83. The second-order valence-corrected chi connectivity index (χ2v) is 3.02. The van der Waals surface area contributed by atoms with Gasteiger partial charge in [-0.05, 0) is 6.92 Å². The number of carboxylic acid groups (broad SMARTS) is 1. The summed E-state index contributed by atoms with van der Waals surface area (Å²) in [6, 6.07) is 0.102. The van der Waals surface area contributed by atoms with E-state index in [0.717, 1.165) is 0 Å². The SMILES string of the molecule is CC(CO)N1CC(C(=O)O)C1. The van der Waals surface area contributed by atoms with E-state index in [4.69, 9.17) is 10.2 Å². The van der Waals surface area contributed by atoms with Crippen LogP contribution in [-0.2, 0) is 4.79 Å². The minimum atomic E-state index is -0.730. The second-order valence-electron chi connectivity index (χ2n) is 3.02. The maximum atomic E-state index is 10.3. The van der Waals surface area contributed by atoms with Crippen LogP contribution in [0.2, 0.25) is 0 Å². The molecule has 0 aromatic heterocycles. The van der Waals surface area contributed by atoms with Crippen LogP contribution in [0, 0.1) is 5.92 Å². The van der Waals surface area contributed by atoms with E-state index in [9.17, 15) is 4.79 Å². The summed E-state index contributed by atoms with van der Waals surface area (Å²) in [7, 11) is 0. The van der Waals surface area contributed by atoms with Gasteiger partial charge in [0.2, 0.25) is 0 Å². The highest BCUT2D eigenvalue weighted by molar-refractivity contribution is 5.71. The third-order valence-corrected chi connectivity index (χ3v) is 2.15. The van der Waals surface area contributed by atoms with E-state index >= 15 is 0 Å². The van der Waals surface area contributed by atoms with Crippen molar-refractivity contribution in [2.24, 2.45) is 5.92 Å². The van der Waals surface area contributed by atoms with Gasteiger partial charge in [0.25, 0.3) is 0 Å². The van der Waals surface area contributed by atoms with Gasteiger partial charge in [-0.15, -0.1) is 0 Å². The summed E-state index contributed by atoms with van der Waals surface area (Å²) >= 11 is 0. The van der Waals surface area contributed by atoms with Gasteiger partial charge in [0, 0.05) is 19.1 Å². The molecule has 1 rings (SSSR count). The van der Waals surface area contributed by atoms with Crippen molar-refractivity contribution >= 4 is 5.97 Å². The molecule has 0 bridgehead atoms. The quantitative estimate of drug-likeness (QED) is 0.576. The first-order valence-electron chi connectivity index (χ1n) is 3.73. The minimum Gasteiger partial charge on any atom is -0.481 e. The summed E-state index contributed by atoms with van der Waals surface area (Å²) in [4.78, 5) is 12.3. The number of aliphatic carboxylic acids is 1. The van der Waals surface area contributed by atoms with Gasteiger partial charge >= 0.3 is 5.97 Å². The number of aliphatic hydroxyl groups excluding tert-OH is 1. The van der Waals surface area contributed by atoms with Gasteiger partial charge in [-0.3, -0.25) is 9.69 Å². The first-order valence-corrected chi connectivity index (χ1v) is 3.73. The maximum Gasteiger partial charge on any atom is 0.309 e. The van der Waals surface area contributed by atoms with Crippen LogP contribution in [0.4, 0.5) is 0 Å². The van der Waals surface area contributed by atoms with Crippen molar-refractivity contribution in [2.45, 2.75) is 13.0 Å². The molecule has 0 amide bonds. The smallest absolute Gasteiger partial charge is 0.309 e. The molecule has 1 unspecified atom stereocenters. The Morgan fingerprint density at radius 2 is 2.27 bits per heavy atom. The molecule has 0 aromatic carbocycles. The van der Waals surface area contributed by atoms with Crippen LogP contribution in [0.1, 0.15) is 6.92 Å². The molecule has 0 saturated carbocycles. The molecule has 2 N–H and O–H groups in total. The number of aliphatic hydroxyl groups is 1. The number of nitrogens with zero attached hydrogens (tertiary/aromatic N) is 1. The topological polar surface area (TPSA) is 60.8 Å². The van der Waals surface area contributed by atoms with Gasteiger partial charge < -0.3 is 10.2 Å². The first kappa shape index (κ1) is 8.49. The third-order valence-electron chi connectivity index (χ3n) is 2.15. The molecule has 11 heavy (non-hydrogen) atoms. The first-order chi connectivity index (χ1) is 5.15. The Morgan fingerprint density at radius 3 is 2.64 bits per heavy atom. The zero-order chi connectivity index (χ0) is 8.43. The van der Waals surface area contributed by atoms with Crippen molar-refractivity contribution in [3.8, 4) is 0 Å². The van der Waals surface area contributed by atoms with Crippen molar-refractivity contribution in [1.29, 1.82) is 0 Å². The predicted molar refractivity (Wildman–Crippen MR) is 39.2 cm³/mol. The van der Waals surface area contributed by atoms with Gasteiger partial charge in [0.15, 0.2) is 0 Å².